The van der Waals surface area contributed by atoms with Gasteiger partial charge in [-0.3, -0.25) is 14.4 Å². The molecule has 43 heavy (non-hydrogen) atoms. The smallest absolute Gasteiger partial charge is 0.258 e. The van der Waals surface area contributed by atoms with E-state index in [1.807, 2.05) is 6.92 Å². The van der Waals surface area contributed by atoms with Crippen LogP contribution in [0.15, 0.2) is 42.5 Å². The minimum absolute atomic E-state index is 0.0295. The van der Waals surface area contributed by atoms with Gasteiger partial charge in [0.05, 0.1) is 48.1 Å². The molecule has 0 fully saturated rings. The van der Waals surface area contributed by atoms with E-state index in [2.05, 4.69) is 10.6 Å². The molecule has 0 aromatic heterocycles. The van der Waals surface area contributed by atoms with Gasteiger partial charge in [0.25, 0.3) is 5.91 Å². The van der Waals surface area contributed by atoms with E-state index in [1.54, 1.807) is 54.3 Å². The Hall–Kier alpha value is -3.68. The predicted molar refractivity (Wildman–Crippen MR) is 166 cm³/mol. The lowest BCUT2D eigenvalue weighted by atomic mass is 9.99. The van der Waals surface area contributed by atoms with Gasteiger partial charge < -0.3 is 31.1 Å². The fraction of sp³-hybridized carbons (Fsp3) is 0.500. The number of hydrogen-bond acceptors (Lipinski definition) is 8. The van der Waals surface area contributed by atoms with E-state index in [9.17, 15) is 27.9 Å². The molecule has 0 unspecified atom stereocenters. The van der Waals surface area contributed by atoms with Crippen molar-refractivity contribution < 1.29 is 32.6 Å². The Morgan fingerprint density at radius 1 is 1.07 bits per heavy atom. The first-order chi connectivity index (χ1) is 20.3. The maximum Gasteiger partial charge on any atom is 0.258 e. The standard InChI is InChI=1S/C30H43N5O7S/c1-20-17-35(21(2)19-36)30(39)22-11-10-14-25(29(22)42-26(20)18-34(3)43(4,40)41)33-28(38)16-7-5-6-15-27(37)32-24-13-9-8-12-23(24)31/h8-14,20-21,26,36H,5-7,15-19,31H2,1-4H3,(H,32,37)(H,33,38)/t20-,21-,26+/m0/s1. The van der Waals surface area contributed by atoms with Gasteiger partial charge in [0.1, 0.15) is 6.10 Å². The monoisotopic (exact) mass is 617 g/mol. The van der Waals surface area contributed by atoms with Crippen LogP contribution in [0.4, 0.5) is 17.1 Å². The number of nitrogens with two attached hydrogens (primary N) is 1. The number of anilines is 3. The first-order valence-corrected chi connectivity index (χ1v) is 16.2. The molecule has 0 saturated carbocycles. The van der Waals surface area contributed by atoms with E-state index in [4.69, 9.17) is 10.5 Å². The molecule has 0 saturated heterocycles. The van der Waals surface area contributed by atoms with Crippen LogP contribution >= 0.6 is 0 Å². The number of rotatable bonds is 13. The van der Waals surface area contributed by atoms with Crippen molar-refractivity contribution in [3.05, 3.63) is 48.0 Å². The van der Waals surface area contributed by atoms with Crippen molar-refractivity contribution in [2.24, 2.45) is 5.92 Å². The van der Waals surface area contributed by atoms with Crippen molar-refractivity contribution in [1.29, 1.82) is 0 Å². The number of amides is 3. The number of sulfonamides is 1. The number of unbranched alkanes of at least 4 members (excludes halogenated alkanes) is 2. The number of nitrogen functional groups attached to an aromatic ring is 1. The Kier molecular flexibility index (Phi) is 11.9. The molecule has 0 bridgehead atoms. The van der Waals surface area contributed by atoms with Crippen LogP contribution in [0.2, 0.25) is 0 Å². The maximum atomic E-state index is 13.6. The van der Waals surface area contributed by atoms with Gasteiger partial charge in [-0.15, -0.1) is 0 Å². The van der Waals surface area contributed by atoms with E-state index in [1.165, 1.54) is 11.4 Å². The fourth-order valence-electron chi connectivity index (χ4n) is 4.73. The summed E-state index contributed by atoms with van der Waals surface area (Å²) in [6.07, 6.45) is 2.74. The second-order valence-corrected chi connectivity index (χ2v) is 13.2. The number of ether oxygens (including phenoxy) is 1. The molecule has 3 rings (SSSR count). The van der Waals surface area contributed by atoms with Gasteiger partial charge >= 0.3 is 0 Å². The molecule has 3 amide bonds. The first-order valence-electron chi connectivity index (χ1n) is 14.4. The lowest BCUT2D eigenvalue weighted by Crippen LogP contribution is -2.50. The molecule has 0 radical (unpaired) electrons. The summed E-state index contributed by atoms with van der Waals surface area (Å²) in [6.45, 7) is 3.61. The molecule has 0 spiro atoms. The third-order valence-corrected chi connectivity index (χ3v) is 8.79. The summed E-state index contributed by atoms with van der Waals surface area (Å²) in [4.78, 5) is 40.3. The minimum atomic E-state index is -3.50. The van der Waals surface area contributed by atoms with E-state index in [0.29, 0.717) is 42.7 Å². The van der Waals surface area contributed by atoms with Gasteiger partial charge in [0.2, 0.25) is 21.8 Å². The van der Waals surface area contributed by atoms with Gasteiger partial charge in [-0.25, -0.2) is 12.7 Å². The van der Waals surface area contributed by atoms with Crippen LogP contribution in [-0.4, -0.2) is 85.6 Å². The van der Waals surface area contributed by atoms with Gasteiger partial charge in [-0.1, -0.05) is 31.5 Å². The zero-order chi connectivity index (χ0) is 31.7. The van der Waals surface area contributed by atoms with Gasteiger partial charge in [0, 0.05) is 32.4 Å². The average molecular weight is 618 g/mol. The molecule has 1 aliphatic heterocycles. The number of aliphatic hydroxyl groups is 1. The van der Waals surface area contributed by atoms with Crippen molar-refractivity contribution in [1.82, 2.24) is 9.21 Å². The molecule has 2 aromatic rings. The highest BCUT2D eigenvalue weighted by molar-refractivity contribution is 7.88. The quantitative estimate of drug-likeness (QED) is 0.196. The highest BCUT2D eigenvalue weighted by Crippen LogP contribution is 2.35. The summed E-state index contributed by atoms with van der Waals surface area (Å²) in [7, 11) is -2.05. The average Bonchev–Trinajstić information content (AvgIpc) is 2.95. The lowest BCUT2D eigenvalue weighted by molar-refractivity contribution is -0.116. The van der Waals surface area contributed by atoms with Gasteiger partial charge in [0.15, 0.2) is 5.75 Å². The van der Waals surface area contributed by atoms with Crippen LogP contribution in [0.5, 0.6) is 5.75 Å². The number of likely N-dealkylation sites (N-methyl/N-ethyl adjacent to an activating group) is 1. The Bertz CT molecular complexity index is 1400. The van der Waals surface area contributed by atoms with Crippen LogP contribution in [0.1, 0.15) is 56.3 Å². The minimum Gasteiger partial charge on any atom is -0.486 e. The largest absolute Gasteiger partial charge is 0.486 e. The van der Waals surface area contributed by atoms with Crippen LogP contribution in [0, 0.1) is 5.92 Å². The van der Waals surface area contributed by atoms with E-state index < -0.39 is 22.2 Å². The Morgan fingerprint density at radius 3 is 2.28 bits per heavy atom. The number of fused-ring (bicyclic) bond motifs is 1. The number of carbonyl (C=O) groups excluding carboxylic acids is 3. The Labute approximate surface area is 253 Å². The third kappa shape index (κ3) is 9.40. The van der Waals surface area contributed by atoms with Crippen LogP contribution in [-0.2, 0) is 19.6 Å². The second kappa shape index (κ2) is 15.2. The van der Waals surface area contributed by atoms with Crippen LogP contribution in [0.25, 0.3) is 0 Å². The maximum absolute atomic E-state index is 13.6. The Morgan fingerprint density at radius 2 is 1.67 bits per heavy atom. The van der Waals surface area contributed by atoms with Crippen LogP contribution in [0.3, 0.4) is 0 Å². The predicted octanol–water partition coefficient (Wildman–Crippen LogP) is 2.91. The number of carbonyl (C=O) groups is 3. The van der Waals surface area contributed by atoms with E-state index >= 15 is 0 Å². The number of nitrogens with zero attached hydrogens (tertiary/aromatic N) is 2. The van der Waals surface area contributed by atoms with Crippen LogP contribution < -0.4 is 21.1 Å². The zero-order valence-electron chi connectivity index (χ0n) is 25.2. The topological polar surface area (TPSA) is 171 Å². The first kappa shape index (κ1) is 33.8. The molecule has 1 aliphatic rings. The number of benzene rings is 2. The number of aliphatic hydroxyl groups excluding tert-OH is 1. The molecule has 12 nitrogen and oxygen atoms in total. The fourth-order valence-corrected chi connectivity index (χ4v) is 5.15. The summed E-state index contributed by atoms with van der Waals surface area (Å²) in [6, 6.07) is 11.4. The third-order valence-electron chi connectivity index (χ3n) is 7.51. The summed E-state index contributed by atoms with van der Waals surface area (Å²) >= 11 is 0. The molecule has 3 atom stereocenters. The van der Waals surface area contributed by atoms with Gasteiger partial charge in [-0.05, 0) is 44.0 Å². The second-order valence-electron chi connectivity index (χ2n) is 11.1. The number of para-hydroxylation sites is 3. The highest BCUT2D eigenvalue weighted by atomic mass is 32.2. The van der Waals surface area contributed by atoms with Crippen molar-refractivity contribution >= 4 is 44.8 Å². The summed E-state index contributed by atoms with van der Waals surface area (Å²) < 4.78 is 31.8. The molecule has 13 heteroatoms. The molecule has 0 aliphatic carbocycles. The van der Waals surface area contributed by atoms with Crippen molar-refractivity contribution in [3.63, 3.8) is 0 Å². The van der Waals surface area contributed by atoms with Crippen molar-refractivity contribution in [3.8, 4) is 5.75 Å². The SMILES string of the molecule is C[C@H]1CN([C@@H](C)CO)C(=O)c2cccc(NC(=O)CCCCCC(=O)Nc3ccccc3N)c2O[C@@H]1CN(C)S(C)(=O)=O. The lowest BCUT2D eigenvalue weighted by Gasteiger charge is -2.38. The summed E-state index contributed by atoms with van der Waals surface area (Å²) in [5.74, 6) is -0.931. The summed E-state index contributed by atoms with van der Waals surface area (Å²) in [5.41, 5.74) is 7.43. The van der Waals surface area contributed by atoms with E-state index in [-0.39, 0.29) is 61.1 Å². The molecule has 2 aromatic carbocycles. The molecular formula is C30H43N5O7S. The normalized spacial score (nSPS) is 17.8. The zero-order valence-corrected chi connectivity index (χ0v) is 26.0. The summed E-state index contributed by atoms with van der Waals surface area (Å²) in [5, 5.41) is 15.5. The molecule has 236 valence electrons. The number of hydrogen-bond donors (Lipinski definition) is 4. The molecule has 5 N–H and O–H groups in total. The molecular weight excluding hydrogens is 574 g/mol. The van der Waals surface area contributed by atoms with Gasteiger partial charge in [-0.2, -0.15) is 0 Å². The highest BCUT2D eigenvalue weighted by Gasteiger charge is 2.35. The van der Waals surface area contributed by atoms with E-state index in [0.717, 1.165) is 6.26 Å². The van der Waals surface area contributed by atoms with Crippen molar-refractivity contribution in [2.75, 3.05) is 49.4 Å². The van der Waals surface area contributed by atoms with Crippen molar-refractivity contribution in [2.45, 2.75) is 58.1 Å². The molecule has 1 heterocycles. The Balaban J connectivity index is 1.68. The number of nitrogens with one attached hydrogen (secondary N) is 2.